The minimum absolute atomic E-state index is 0.262. The van der Waals surface area contributed by atoms with Crippen LogP contribution in [0.2, 0.25) is 0 Å². The maximum atomic E-state index is 12.7. The number of hydrogen-bond donors (Lipinski definition) is 2. The quantitative estimate of drug-likeness (QED) is 0.789. The Kier molecular flexibility index (Phi) is 5.15. The molecule has 0 radical (unpaired) electrons. The van der Waals surface area contributed by atoms with Crippen LogP contribution in [0.25, 0.3) is 0 Å². The van der Waals surface area contributed by atoms with E-state index in [9.17, 15) is 14.4 Å². The normalized spacial score (nSPS) is 20.0. The maximum absolute atomic E-state index is 12.7. The fourth-order valence-corrected chi connectivity index (χ4v) is 3.74. The van der Waals surface area contributed by atoms with Crippen molar-refractivity contribution in [2.24, 2.45) is 0 Å². The SMILES string of the molecule is COc1cccc([C@@H](C)NC(=O)CN2C(=O)NC3(CCCCC3)C2=O)c1. The number of nitrogens with one attached hydrogen (secondary N) is 2. The smallest absolute Gasteiger partial charge is 0.325 e. The standard InChI is InChI=1S/C19H25N3O4/c1-13(14-7-6-8-15(11-14)26-2)20-16(23)12-22-17(24)19(21-18(22)25)9-4-3-5-10-19/h6-8,11,13H,3-5,9-10,12H2,1-2H3,(H,20,23)(H,21,25)/t13-/m1/s1. The number of methoxy groups -OCH3 is 1. The average molecular weight is 359 g/mol. The summed E-state index contributed by atoms with van der Waals surface area (Å²) in [5.41, 5.74) is 0.0900. The Hall–Kier alpha value is -2.57. The van der Waals surface area contributed by atoms with E-state index in [4.69, 9.17) is 4.74 Å². The van der Waals surface area contributed by atoms with E-state index in [1.54, 1.807) is 7.11 Å². The first-order chi connectivity index (χ1) is 12.4. The summed E-state index contributed by atoms with van der Waals surface area (Å²) in [7, 11) is 1.58. The number of imide groups is 1. The lowest BCUT2D eigenvalue weighted by Crippen LogP contribution is -2.49. The molecular weight excluding hydrogens is 334 g/mol. The second kappa shape index (κ2) is 7.35. The summed E-state index contributed by atoms with van der Waals surface area (Å²) in [6, 6.07) is 6.67. The maximum Gasteiger partial charge on any atom is 0.325 e. The van der Waals surface area contributed by atoms with Crippen LogP contribution in [0.1, 0.15) is 50.6 Å². The molecule has 0 aromatic heterocycles. The van der Waals surface area contributed by atoms with Crippen molar-refractivity contribution in [3.8, 4) is 5.75 Å². The molecule has 2 N–H and O–H groups in total. The van der Waals surface area contributed by atoms with Crippen LogP contribution >= 0.6 is 0 Å². The van der Waals surface area contributed by atoms with Crippen LogP contribution in [0, 0.1) is 0 Å². The van der Waals surface area contributed by atoms with Gasteiger partial charge < -0.3 is 15.4 Å². The van der Waals surface area contributed by atoms with Gasteiger partial charge in [-0.3, -0.25) is 14.5 Å². The van der Waals surface area contributed by atoms with Crippen molar-refractivity contribution in [2.45, 2.75) is 50.6 Å². The largest absolute Gasteiger partial charge is 0.497 e. The van der Waals surface area contributed by atoms with Gasteiger partial charge in [0.1, 0.15) is 17.8 Å². The number of carbonyl (C=O) groups is 3. The first-order valence-electron chi connectivity index (χ1n) is 9.02. The predicted octanol–water partition coefficient (Wildman–Crippen LogP) is 2.13. The molecule has 1 aliphatic heterocycles. The molecule has 1 saturated carbocycles. The highest BCUT2D eigenvalue weighted by Crippen LogP contribution is 2.33. The highest BCUT2D eigenvalue weighted by atomic mass is 16.5. The first-order valence-corrected chi connectivity index (χ1v) is 9.02. The van der Waals surface area contributed by atoms with Gasteiger partial charge in [0.05, 0.1) is 13.2 Å². The Morgan fingerprint density at radius 3 is 2.73 bits per heavy atom. The topological polar surface area (TPSA) is 87.7 Å². The molecule has 1 atom stereocenters. The van der Waals surface area contributed by atoms with E-state index in [0.29, 0.717) is 18.6 Å². The molecular formula is C19H25N3O4. The van der Waals surface area contributed by atoms with E-state index in [1.165, 1.54) is 0 Å². The molecule has 140 valence electrons. The van der Waals surface area contributed by atoms with Gasteiger partial charge in [0.25, 0.3) is 5.91 Å². The molecule has 1 aromatic carbocycles. The van der Waals surface area contributed by atoms with E-state index in [2.05, 4.69) is 10.6 Å². The van der Waals surface area contributed by atoms with Crippen molar-refractivity contribution in [3.05, 3.63) is 29.8 Å². The summed E-state index contributed by atoms with van der Waals surface area (Å²) in [6.07, 6.45) is 4.20. The number of hydrogen-bond acceptors (Lipinski definition) is 4. The van der Waals surface area contributed by atoms with Crippen molar-refractivity contribution in [3.63, 3.8) is 0 Å². The number of rotatable bonds is 5. The molecule has 1 aliphatic carbocycles. The van der Waals surface area contributed by atoms with Crippen LogP contribution in [0.4, 0.5) is 4.79 Å². The van der Waals surface area contributed by atoms with Crippen LogP contribution in [-0.4, -0.2) is 41.9 Å². The van der Waals surface area contributed by atoms with Crippen molar-refractivity contribution < 1.29 is 19.1 Å². The minimum atomic E-state index is -0.798. The van der Waals surface area contributed by atoms with Crippen LogP contribution in [-0.2, 0) is 9.59 Å². The lowest BCUT2D eigenvalue weighted by atomic mass is 9.82. The zero-order valence-corrected chi connectivity index (χ0v) is 15.2. The third-order valence-electron chi connectivity index (χ3n) is 5.23. The molecule has 2 fully saturated rings. The highest BCUT2D eigenvalue weighted by molar-refractivity contribution is 6.09. The van der Waals surface area contributed by atoms with E-state index in [-0.39, 0.29) is 24.4 Å². The molecule has 1 spiro atoms. The van der Waals surface area contributed by atoms with Gasteiger partial charge in [-0.25, -0.2) is 4.79 Å². The monoisotopic (exact) mass is 359 g/mol. The van der Waals surface area contributed by atoms with Gasteiger partial charge >= 0.3 is 6.03 Å². The van der Waals surface area contributed by atoms with Crippen molar-refractivity contribution in [1.82, 2.24) is 15.5 Å². The molecule has 3 rings (SSSR count). The summed E-state index contributed by atoms with van der Waals surface area (Å²) >= 11 is 0. The van der Waals surface area contributed by atoms with Gasteiger partial charge in [0.2, 0.25) is 5.91 Å². The zero-order valence-electron chi connectivity index (χ0n) is 15.2. The van der Waals surface area contributed by atoms with E-state index >= 15 is 0 Å². The Labute approximate surface area is 153 Å². The van der Waals surface area contributed by atoms with Gasteiger partial charge in [0.15, 0.2) is 0 Å². The van der Waals surface area contributed by atoms with Gasteiger partial charge in [-0.05, 0) is 37.5 Å². The van der Waals surface area contributed by atoms with E-state index in [0.717, 1.165) is 29.7 Å². The van der Waals surface area contributed by atoms with Crippen LogP contribution in [0.15, 0.2) is 24.3 Å². The zero-order chi connectivity index (χ0) is 18.7. The summed E-state index contributed by atoms with van der Waals surface area (Å²) in [6.45, 7) is 1.59. The van der Waals surface area contributed by atoms with E-state index in [1.807, 2.05) is 31.2 Å². The molecule has 1 aromatic rings. The second-order valence-corrected chi connectivity index (χ2v) is 7.03. The Balaban J connectivity index is 1.62. The van der Waals surface area contributed by atoms with Crippen molar-refractivity contribution in [2.75, 3.05) is 13.7 Å². The number of ether oxygens (including phenoxy) is 1. The second-order valence-electron chi connectivity index (χ2n) is 7.03. The molecule has 1 saturated heterocycles. The molecule has 0 bridgehead atoms. The fourth-order valence-electron chi connectivity index (χ4n) is 3.74. The Morgan fingerprint density at radius 2 is 2.04 bits per heavy atom. The number of amides is 4. The number of nitrogens with zero attached hydrogens (tertiary/aromatic N) is 1. The summed E-state index contributed by atoms with van der Waals surface area (Å²) in [5.74, 6) is 0.0694. The predicted molar refractivity (Wildman–Crippen MR) is 95.6 cm³/mol. The van der Waals surface area contributed by atoms with E-state index < -0.39 is 11.6 Å². The third-order valence-corrected chi connectivity index (χ3v) is 5.23. The van der Waals surface area contributed by atoms with Crippen LogP contribution in [0.3, 0.4) is 0 Å². The number of carbonyl (C=O) groups excluding carboxylic acids is 3. The first kappa shape index (κ1) is 18.2. The number of benzene rings is 1. The summed E-state index contributed by atoms with van der Waals surface area (Å²) in [4.78, 5) is 38.4. The molecule has 4 amide bonds. The highest BCUT2D eigenvalue weighted by Gasteiger charge is 2.51. The van der Waals surface area contributed by atoms with Crippen LogP contribution in [0.5, 0.6) is 5.75 Å². The lowest BCUT2D eigenvalue weighted by Gasteiger charge is -2.30. The van der Waals surface area contributed by atoms with Crippen molar-refractivity contribution in [1.29, 1.82) is 0 Å². The Bertz CT molecular complexity index is 712. The molecule has 26 heavy (non-hydrogen) atoms. The minimum Gasteiger partial charge on any atom is -0.497 e. The van der Waals surface area contributed by atoms with Gasteiger partial charge in [-0.2, -0.15) is 0 Å². The van der Waals surface area contributed by atoms with Gasteiger partial charge in [-0.15, -0.1) is 0 Å². The van der Waals surface area contributed by atoms with Gasteiger partial charge in [0, 0.05) is 0 Å². The van der Waals surface area contributed by atoms with Crippen LogP contribution < -0.4 is 15.4 Å². The molecule has 7 nitrogen and oxygen atoms in total. The molecule has 1 heterocycles. The lowest BCUT2D eigenvalue weighted by molar-refractivity contribution is -0.136. The summed E-state index contributed by atoms with van der Waals surface area (Å²) in [5, 5.41) is 5.65. The summed E-state index contributed by atoms with van der Waals surface area (Å²) < 4.78 is 5.19. The third kappa shape index (κ3) is 3.52. The fraction of sp³-hybridized carbons (Fsp3) is 0.526. The molecule has 7 heteroatoms. The van der Waals surface area contributed by atoms with Gasteiger partial charge in [-0.1, -0.05) is 31.4 Å². The molecule has 2 aliphatic rings. The number of urea groups is 1. The molecule has 0 unspecified atom stereocenters. The average Bonchev–Trinajstić information content (AvgIpc) is 2.86. The Morgan fingerprint density at radius 1 is 1.31 bits per heavy atom. The van der Waals surface area contributed by atoms with Crippen molar-refractivity contribution >= 4 is 17.8 Å².